The maximum absolute atomic E-state index is 13.2. The van der Waals surface area contributed by atoms with Crippen molar-refractivity contribution < 1.29 is 26.8 Å². The highest BCUT2D eigenvalue weighted by Gasteiger charge is 2.31. The van der Waals surface area contributed by atoms with Gasteiger partial charge in [-0.25, -0.2) is 17.2 Å². The van der Waals surface area contributed by atoms with Gasteiger partial charge in [-0.3, -0.25) is 9.59 Å². The molecule has 5 rings (SSSR count). The summed E-state index contributed by atoms with van der Waals surface area (Å²) in [5.74, 6) is -2.19. The second kappa shape index (κ2) is 10.4. The van der Waals surface area contributed by atoms with E-state index in [1.807, 2.05) is 0 Å². The van der Waals surface area contributed by atoms with Crippen molar-refractivity contribution in [3.63, 3.8) is 0 Å². The maximum atomic E-state index is 13.2. The van der Waals surface area contributed by atoms with Crippen LogP contribution in [0.25, 0.3) is 0 Å². The van der Waals surface area contributed by atoms with Crippen molar-refractivity contribution in [1.82, 2.24) is 4.90 Å². The highest BCUT2D eigenvalue weighted by atomic mass is 32.2. The first kappa shape index (κ1) is 25.7. The molecular weight excluding hydrogens is 514 g/mol. The Morgan fingerprint density at radius 3 is 2.16 bits per heavy atom. The smallest absolute Gasteiger partial charge is 0.254 e. The molecule has 2 aliphatic rings. The van der Waals surface area contributed by atoms with Crippen LogP contribution < -0.4 is 15.5 Å². The molecule has 0 aromatic heterocycles. The number of rotatable bonds is 6. The van der Waals surface area contributed by atoms with Crippen molar-refractivity contribution >= 4 is 38.7 Å². The molecule has 0 radical (unpaired) electrons. The number of carbonyl (C=O) groups excluding carboxylic acids is 2. The molecule has 0 saturated carbocycles. The average molecular weight is 541 g/mol. The lowest BCUT2D eigenvalue weighted by molar-refractivity contribution is -0.116. The summed E-state index contributed by atoms with van der Waals surface area (Å²) in [6.07, 6.45) is 0. The van der Waals surface area contributed by atoms with Gasteiger partial charge >= 0.3 is 0 Å². The van der Waals surface area contributed by atoms with Crippen LogP contribution in [0.2, 0.25) is 0 Å². The molecule has 0 spiro atoms. The number of benzene rings is 3. The fourth-order valence-corrected chi connectivity index (χ4v) is 6.21. The lowest BCUT2D eigenvalue weighted by Crippen LogP contribution is -2.49. The summed E-state index contributed by atoms with van der Waals surface area (Å²) in [6, 6.07) is 15.3. The summed E-state index contributed by atoms with van der Waals surface area (Å²) in [5, 5.41) is 5.67. The minimum Gasteiger partial charge on any atom is -0.371 e. The molecule has 8 nitrogen and oxygen atoms in total. The minimum absolute atomic E-state index is 0.176. The molecule has 3 aromatic rings. The number of halogens is 2. The highest BCUT2D eigenvalue weighted by Crippen LogP contribution is 2.29. The Labute approximate surface area is 219 Å². The Morgan fingerprint density at radius 1 is 0.868 bits per heavy atom. The van der Waals surface area contributed by atoms with Gasteiger partial charge in [-0.2, -0.15) is 0 Å². The van der Waals surface area contributed by atoms with Crippen molar-refractivity contribution in [2.24, 2.45) is 0 Å². The molecule has 0 bridgehead atoms. The van der Waals surface area contributed by atoms with E-state index >= 15 is 0 Å². The van der Waals surface area contributed by atoms with E-state index in [2.05, 4.69) is 15.5 Å². The van der Waals surface area contributed by atoms with Crippen LogP contribution in [0.4, 0.5) is 25.8 Å². The molecular formula is C27H26F2N4O4S. The van der Waals surface area contributed by atoms with Crippen LogP contribution in [0.5, 0.6) is 0 Å². The normalized spacial score (nSPS) is 17.4. The third-order valence-corrected chi connectivity index (χ3v) is 8.26. The molecule has 38 heavy (non-hydrogen) atoms. The monoisotopic (exact) mass is 540 g/mol. The first-order valence-electron chi connectivity index (χ1n) is 12.1. The fraction of sp³-hybridized carbons (Fsp3) is 0.259. The Kier molecular flexibility index (Phi) is 7.02. The predicted molar refractivity (Wildman–Crippen MR) is 141 cm³/mol. The van der Waals surface area contributed by atoms with Crippen LogP contribution in [0.3, 0.4) is 0 Å². The molecule has 1 fully saturated rings. The Bertz CT molecular complexity index is 1460. The summed E-state index contributed by atoms with van der Waals surface area (Å²) in [5.41, 5.74) is 2.66. The van der Waals surface area contributed by atoms with Crippen molar-refractivity contribution in [2.45, 2.75) is 11.8 Å². The highest BCUT2D eigenvalue weighted by molar-refractivity contribution is 7.90. The van der Waals surface area contributed by atoms with Crippen LogP contribution in [0.1, 0.15) is 15.9 Å². The average Bonchev–Trinajstić information content (AvgIpc) is 2.90. The van der Waals surface area contributed by atoms with Crippen LogP contribution in [0, 0.1) is 11.6 Å². The zero-order valence-corrected chi connectivity index (χ0v) is 21.2. The molecule has 11 heteroatoms. The number of nitrogens with zero attached hydrogens (tertiary/aromatic N) is 2. The van der Waals surface area contributed by atoms with Gasteiger partial charge in [0.2, 0.25) is 5.91 Å². The zero-order valence-electron chi connectivity index (χ0n) is 20.4. The van der Waals surface area contributed by atoms with E-state index in [0.29, 0.717) is 48.7 Å². The third kappa shape index (κ3) is 5.77. The van der Waals surface area contributed by atoms with Gasteiger partial charge in [0.25, 0.3) is 5.91 Å². The van der Waals surface area contributed by atoms with Gasteiger partial charge in [-0.15, -0.1) is 0 Å². The predicted octanol–water partition coefficient (Wildman–Crippen LogP) is 3.27. The van der Waals surface area contributed by atoms with Gasteiger partial charge in [0.1, 0.15) is 17.7 Å². The van der Waals surface area contributed by atoms with Gasteiger partial charge < -0.3 is 20.4 Å². The molecule has 3 aromatic carbocycles. The summed E-state index contributed by atoms with van der Waals surface area (Å²) in [6.45, 7) is 2.20. The summed E-state index contributed by atoms with van der Waals surface area (Å²) in [7, 11) is -3.67. The Balaban J connectivity index is 1.21. The maximum Gasteiger partial charge on any atom is 0.254 e. The van der Waals surface area contributed by atoms with Crippen LogP contribution >= 0.6 is 0 Å². The second-order valence-electron chi connectivity index (χ2n) is 9.38. The van der Waals surface area contributed by atoms with Gasteiger partial charge in [-0.05, 0) is 60.2 Å². The molecule has 2 heterocycles. The molecule has 2 N–H and O–H groups in total. The number of carbonyl (C=O) groups is 2. The van der Waals surface area contributed by atoms with E-state index < -0.39 is 33.4 Å². The number of hydrogen-bond donors (Lipinski definition) is 2. The van der Waals surface area contributed by atoms with E-state index in [0.717, 1.165) is 5.69 Å². The summed E-state index contributed by atoms with van der Waals surface area (Å²) in [4.78, 5) is 29.6. The minimum atomic E-state index is -3.67. The van der Waals surface area contributed by atoms with E-state index in [4.69, 9.17) is 0 Å². The van der Waals surface area contributed by atoms with Gasteiger partial charge in [-0.1, -0.05) is 12.1 Å². The van der Waals surface area contributed by atoms with Crippen LogP contribution in [0.15, 0.2) is 66.7 Å². The lowest BCUT2D eigenvalue weighted by atomic mass is 10.1. The SMILES string of the molecule is O=C1Nc2cc(C(=O)N3CCN(c4ccc(F)cc4)CC3)ccc2N[C@@H]1CS(=O)(=O)Cc1ccc(F)cc1. The number of anilines is 3. The van der Waals surface area contributed by atoms with E-state index in [1.54, 1.807) is 35.2 Å². The number of nitrogens with one attached hydrogen (secondary N) is 2. The van der Waals surface area contributed by atoms with Gasteiger partial charge in [0.15, 0.2) is 9.84 Å². The quantitative estimate of drug-likeness (QED) is 0.498. The Morgan fingerprint density at radius 2 is 1.50 bits per heavy atom. The largest absolute Gasteiger partial charge is 0.371 e. The van der Waals surface area contributed by atoms with E-state index in [-0.39, 0.29) is 17.5 Å². The van der Waals surface area contributed by atoms with E-state index in [9.17, 15) is 26.8 Å². The number of piperazine rings is 1. The first-order chi connectivity index (χ1) is 18.2. The number of sulfone groups is 1. The molecule has 1 saturated heterocycles. The molecule has 1 atom stereocenters. The molecule has 2 aliphatic heterocycles. The van der Waals surface area contributed by atoms with Crippen molar-refractivity contribution in [3.8, 4) is 0 Å². The number of amides is 2. The van der Waals surface area contributed by atoms with Gasteiger partial charge in [0, 0.05) is 37.4 Å². The summed E-state index contributed by atoms with van der Waals surface area (Å²) >= 11 is 0. The van der Waals surface area contributed by atoms with Crippen molar-refractivity contribution in [1.29, 1.82) is 0 Å². The molecule has 0 unspecified atom stereocenters. The third-order valence-electron chi connectivity index (χ3n) is 6.65. The van der Waals surface area contributed by atoms with Crippen LogP contribution in [-0.4, -0.2) is 63.1 Å². The number of hydrogen-bond acceptors (Lipinski definition) is 6. The second-order valence-corrected chi connectivity index (χ2v) is 11.5. The van der Waals surface area contributed by atoms with Gasteiger partial charge in [0.05, 0.1) is 22.9 Å². The molecule has 198 valence electrons. The van der Waals surface area contributed by atoms with Crippen LogP contribution in [-0.2, 0) is 20.4 Å². The Hall–Kier alpha value is -3.99. The first-order valence-corrected chi connectivity index (χ1v) is 14.0. The standard InChI is InChI=1S/C27H26F2N4O4S/c28-20-4-1-18(2-5-20)16-38(36,37)17-25-26(34)31-24-15-19(3-10-23(24)30-25)27(35)33-13-11-32(12-14-33)22-8-6-21(29)7-9-22/h1-10,15,25,30H,11-14,16-17H2,(H,31,34)/t25-/m1/s1. The van der Waals surface area contributed by atoms with E-state index in [1.165, 1.54) is 36.4 Å². The fourth-order valence-electron chi connectivity index (χ4n) is 4.65. The van der Waals surface area contributed by atoms with Crippen molar-refractivity contribution in [3.05, 3.63) is 89.5 Å². The molecule has 2 amide bonds. The summed E-state index contributed by atoms with van der Waals surface area (Å²) < 4.78 is 51.7. The lowest BCUT2D eigenvalue weighted by Gasteiger charge is -2.36. The number of fused-ring (bicyclic) bond motifs is 1. The zero-order chi connectivity index (χ0) is 26.9. The van der Waals surface area contributed by atoms with Crippen molar-refractivity contribution in [2.75, 3.05) is 47.5 Å². The topological polar surface area (TPSA) is 98.8 Å². The molecule has 0 aliphatic carbocycles.